The third kappa shape index (κ3) is 2.85. The van der Waals surface area contributed by atoms with Crippen LogP contribution >= 0.6 is 0 Å². The number of nitrogens with one attached hydrogen (secondary N) is 2. The SMILES string of the molecule is Cc1ccc(C2(c3[nH]nc4nc(N5CCC6(CC5)CO[C@@H](C)[C@H]6N)[nH]c(=O)c34)CC2)cc1. The number of aromatic amines is 2. The van der Waals surface area contributed by atoms with Gasteiger partial charge < -0.3 is 15.4 Å². The first-order valence-electron chi connectivity index (χ1n) is 11.6. The van der Waals surface area contributed by atoms with Gasteiger partial charge in [-0.3, -0.25) is 14.9 Å². The summed E-state index contributed by atoms with van der Waals surface area (Å²) in [6.45, 7) is 6.44. The predicted octanol–water partition coefficient (Wildman–Crippen LogP) is 2.37. The normalized spacial score (nSPS) is 26.2. The van der Waals surface area contributed by atoms with Gasteiger partial charge in [-0.2, -0.15) is 10.1 Å². The van der Waals surface area contributed by atoms with Crippen LogP contribution in [-0.4, -0.2) is 52.0 Å². The van der Waals surface area contributed by atoms with E-state index in [1.165, 1.54) is 11.1 Å². The molecule has 2 atom stereocenters. The number of aromatic nitrogens is 4. The highest BCUT2D eigenvalue weighted by atomic mass is 16.5. The summed E-state index contributed by atoms with van der Waals surface area (Å²) in [5.74, 6) is 0.594. The molecule has 0 unspecified atom stereocenters. The second-order valence-electron chi connectivity index (χ2n) is 10.0. The van der Waals surface area contributed by atoms with E-state index in [9.17, 15) is 4.79 Å². The average Bonchev–Trinajstić information content (AvgIpc) is 3.41. The number of anilines is 1. The summed E-state index contributed by atoms with van der Waals surface area (Å²) in [6.07, 6.45) is 3.97. The Bertz CT molecular complexity index is 1220. The fourth-order valence-corrected chi connectivity index (χ4v) is 5.73. The van der Waals surface area contributed by atoms with Gasteiger partial charge in [0.2, 0.25) is 5.95 Å². The van der Waals surface area contributed by atoms with Crippen LogP contribution in [0, 0.1) is 12.3 Å². The molecule has 1 spiro atoms. The minimum Gasteiger partial charge on any atom is -0.376 e. The van der Waals surface area contributed by atoms with Crippen LogP contribution in [0.2, 0.25) is 0 Å². The summed E-state index contributed by atoms with van der Waals surface area (Å²) in [4.78, 5) is 23.1. The molecule has 4 heterocycles. The Labute approximate surface area is 186 Å². The van der Waals surface area contributed by atoms with Crippen molar-refractivity contribution in [2.75, 3.05) is 24.6 Å². The second kappa shape index (κ2) is 6.89. The molecule has 32 heavy (non-hydrogen) atoms. The van der Waals surface area contributed by atoms with Crippen molar-refractivity contribution in [3.05, 3.63) is 51.4 Å². The van der Waals surface area contributed by atoms with Gasteiger partial charge in [-0.25, -0.2) is 0 Å². The molecule has 2 aromatic heterocycles. The molecule has 8 heteroatoms. The first-order chi connectivity index (χ1) is 15.4. The summed E-state index contributed by atoms with van der Waals surface area (Å²) in [5.41, 5.74) is 10.0. The van der Waals surface area contributed by atoms with Gasteiger partial charge >= 0.3 is 0 Å². The number of ether oxygens (including phenoxy) is 1. The van der Waals surface area contributed by atoms with E-state index in [4.69, 9.17) is 15.5 Å². The zero-order chi connectivity index (χ0) is 22.1. The first-order valence-corrected chi connectivity index (χ1v) is 11.6. The second-order valence-corrected chi connectivity index (χ2v) is 10.0. The molecular formula is C24H30N6O2. The van der Waals surface area contributed by atoms with Crippen molar-refractivity contribution in [3.63, 3.8) is 0 Å². The van der Waals surface area contributed by atoms with Crippen LogP contribution < -0.4 is 16.2 Å². The third-order valence-corrected chi connectivity index (χ3v) is 8.15. The van der Waals surface area contributed by atoms with Crippen LogP contribution in [0.15, 0.2) is 29.1 Å². The molecule has 1 saturated carbocycles. The summed E-state index contributed by atoms with van der Waals surface area (Å²) in [7, 11) is 0. The molecule has 1 aromatic carbocycles. The van der Waals surface area contributed by atoms with Crippen LogP contribution in [0.4, 0.5) is 5.95 Å². The Morgan fingerprint density at radius 2 is 1.88 bits per heavy atom. The van der Waals surface area contributed by atoms with Gasteiger partial charge in [0.25, 0.3) is 5.56 Å². The number of hydrogen-bond acceptors (Lipinski definition) is 6. The maximum atomic E-state index is 13.2. The molecule has 8 nitrogen and oxygen atoms in total. The topological polar surface area (TPSA) is 113 Å². The van der Waals surface area contributed by atoms with Gasteiger partial charge in [-0.05, 0) is 45.1 Å². The van der Waals surface area contributed by atoms with E-state index in [1.54, 1.807) is 0 Å². The Kier molecular flexibility index (Phi) is 4.29. The summed E-state index contributed by atoms with van der Waals surface area (Å²) < 4.78 is 5.83. The van der Waals surface area contributed by atoms with Gasteiger partial charge in [-0.15, -0.1) is 0 Å². The lowest BCUT2D eigenvalue weighted by Crippen LogP contribution is -2.51. The molecule has 3 aliphatic rings. The van der Waals surface area contributed by atoms with Crippen LogP contribution in [0.1, 0.15) is 49.4 Å². The van der Waals surface area contributed by atoms with E-state index in [1.807, 2.05) is 0 Å². The Hall–Kier alpha value is -2.71. The maximum Gasteiger partial charge on any atom is 0.263 e. The molecule has 4 N–H and O–H groups in total. The lowest BCUT2D eigenvalue weighted by molar-refractivity contribution is 0.0973. The van der Waals surface area contributed by atoms with Crippen LogP contribution in [0.25, 0.3) is 11.0 Å². The van der Waals surface area contributed by atoms with E-state index >= 15 is 0 Å². The van der Waals surface area contributed by atoms with Crippen molar-refractivity contribution >= 4 is 17.0 Å². The Balaban J connectivity index is 1.30. The number of rotatable bonds is 3. The van der Waals surface area contributed by atoms with Crippen molar-refractivity contribution in [3.8, 4) is 0 Å². The fraction of sp³-hybridized carbons (Fsp3) is 0.542. The van der Waals surface area contributed by atoms with Crippen LogP contribution in [0.3, 0.4) is 0 Å². The molecule has 0 amide bonds. The third-order valence-electron chi connectivity index (χ3n) is 8.15. The fourth-order valence-electron chi connectivity index (χ4n) is 5.73. The standard InChI is InChI=1S/C24H30N6O2/c1-14-3-5-16(6-4-14)24(7-8-24)19-17-20(29-28-19)26-22(27-21(17)31)30-11-9-23(10-12-30)13-32-15(2)18(23)25/h3-6,15,18H,7-13,25H2,1-2H3,(H2,26,27,28,29,31)/t15-,18+/m0/s1. The van der Waals surface area contributed by atoms with Crippen molar-refractivity contribution in [2.45, 2.75) is 57.1 Å². The quantitative estimate of drug-likeness (QED) is 0.583. The molecule has 168 valence electrons. The largest absolute Gasteiger partial charge is 0.376 e. The van der Waals surface area contributed by atoms with Gasteiger partial charge in [-0.1, -0.05) is 29.8 Å². The molecule has 2 saturated heterocycles. The number of fused-ring (bicyclic) bond motifs is 1. The zero-order valence-electron chi connectivity index (χ0n) is 18.6. The molecule has 3 fully saturated rings. The Morgan fingerprint density at radius 3 is 2.50 bits per heavy atom. The van der Waals surface area contributed by atoms with Gasteiger partial charge in [0.1, 0.15) is 5.39 Å². The molecule has 3 aromatic rings. The maximum absolute atomic E-state index is 13.2. The molecule has 1 aliphatic carbocycles. The van der Waals surface area contributed by atoms with Crippen molar-refractivity contribution in [1.29, 1.82) is 0 Å². The van der Waals surface area contributed by atoms with Crippen molar-refractivity contribution < 1.29 is 4.74 Å². The molecule has 6 rings (SSSR count). The van der Waals surface area contributed by atoms with Crippen molar-refractivity contribution in [2.24, 2.45) is 11.1 Å². The summed E-state index contributed by atoms with van der Waals surface area (Å²) in [5, 5.41) is 8.20. The zero-order valence-corrected chi connectivity index (χ0v) is 18.6. The number of nitrogens with two attached hydrogens (primary N) is 1. The minimum atomic E-state index is -0.161. The van der Waals surface area contributed by atoms with E-state index in [2.05, 4.69) is 58.2 Å². The van der Waals surface area contributed by atoms with E-state index in [0.29, 0.717) is 17.0 Å². The molecule has 0 bridgehead atoms. The number of benzene rings is 1. The predicted molar refractivity (Wildman–Crippen MR) is 123 cm³/mol. The number of nitrogens with zero attached hydrogens (tertiary/aromatic N) is 3. The summed E-state index contributed by atoms with van der Waals surface area (Å²) in [6, 6.07) is 8.63. The van der Waals surface area contributed by atoms with Crippen LogP contribution in [-0.2, 0) is 10.2 Å². The Morgan fingerprint density at radius 1 is 1.16 bits per heavy atom. The molecule has 2 aliphatic heterocycles. The van der Waals surface area contributed by atoms with E-state index in [-0.39, 0.29) is 28.5 Å². The molecular weight excluding hydrogens is 404 g/mol. The van der Waals surface area contributed by atoms with Gasteiger partial charge in [0.05, 0.1) is 18.4 Å². The van der Waals surface area contributed by atoms with Crippen molar-refractivity contribution in [1.82, 2.24) is 20.2 Å². The highest BCUT2D eigenvalue weighted by Gasteiger charge is 2.50. The van der Waals surface area contributed by atoms with E-state index in [0.717, 1.165) is 51.1 Å². The average molecular weight is 435 g/mol. The lowest BCUT2D eigenvalue weighted by Gasteiger charge is -2.41. The summed E-state index contributed by atoms with van der Waals surface area (Å²) >= 11 is 0. The smallest absolute Gasteiger partial charge is 0.263 e. The number of H-pyrrole nitrogens is 2. The lowest BCUT2D eigenvalue weighted by atomic mass is 9.73. The first kappa shape index (κ1) is 19.9. The molecule has 0 radical (unpaired) electrons. The van der Waals surface area contributed by atoms with Crippen LogP contribution in [0.5, 0.6) is 0 Å². The highest BCUT2D eigenvalue weighted by molar-refractivity contribution is 5.80. The van der Waals surface area contributed by atoms with Gasteiger partial charge in [0, 0.05) is 30.0 Å². The number of piperidine rings is 1. The number of hydrogen-bond donors (Lipinski definition) is 3. The minimum absolute atomic E-state index is 0.0339. The van der Waals surface area contributed by atoms with E-state index < -0.39 is 0 Å². The number of aryl methyl sites for hydroxylation is 1. The highest BCUT2D eigenvalue weighted by Crippen LogP contribution is 2.54. The monoisotopic (exact) mass is 434 g/mol. The van der Waals surface area contributed by atoms with Gasteiger partial charge in [0.15, 0.2) is 5.65 Å².